The number of aliphatic imine (C=N–C) groups is 2. The topological polar surface area (TPSA) is 46.0 Å². The molecule has 0 fully saturated rings. The number of benzene rings is 3. The van der Waals surface area contributed by atoms with Crippen LogP contribution < -0.4 is 10.1 Å². The molecule has 0 atom stereocenters. The van der Waals surface area contributed by atoms with E-state index in [1.165, 1.54) is 5.56 Å². The second-order valence-electron chi connectivity index (χ2n) is 6.14. The average Bonchev–Trinajstić information content (AvgIpc) is 2.88. The summed E-state index contributed by atoms with van der Waals surface area (Å²) in [7, 11) is 1.66. The van der Waals surface area contributed by atoms with Gasteiger partial charge in [0.1, 0.15) is 11.6 Å². The lowest BCUT2D eigenvalue weighted by molar-refractivity contribution is 0.415. The van der Waals surface area contributed by atoms with E-state index < -0.39 is 0 Å². The highest BCUT2D eigenvalue weighted by molar-refractivity contribution is 6.19. The van der Waals surface area contributed by atoms with Crippen LogP contribution in [0.5, 0.6) is 5.75 Å². The third kappa shape index (κ3) is 3.22. The second-order valence-corrected chi connectivity index (χ2v) is 6.14. The number of fused-ring (bicyclic) bond motifs is 1. The lowest BCUT2D eigenvalue weighted by Crippen LogP contribution is -2.15. The number of hydrogen-bond donors (Lipinski definition) is 1. The SMILES string of the molecule is COc1ccc(C2=NC(c3ccccc3)=Nc3ccc(C)cc3N2)cc1. The normalized spacial score (nSPS) is 13.0. The van der Waals surface area contributed by atoms with E-state index in [1.807, 2.05) is 60.7 Å². The van der Waals surface area contributed by atoms with Crippen LogP contribution in [0.1, 0.15) is 16.7 Å². The van der Waals surface area contributed by atoms with Gasteiger partial charge in [0.2, 0.25) is 0 Å². The molecule has 3 aromatic rings. The quantitative estimate of drug-likeness (QED) is 0.732. The molecule has 128 valence electrons. The van der Waals surface area contributed by atoms with Crippen molar-refractivity contribution in [2.24, 2.45) is 9.98 Å². The van der Waals surface area contributed by atoms with Crippen LogP contribution in [0.15, 0.2) is 82.8 Å². The molecule has 0 spiro atoms. The molecule has 0 unspecified atom stereocenters. The van der Waals surface area contributed by atoms with Gasteiger partial charge in [-0.2, -0.15) is 0 Å². The van der Waals surface area contributed by atoms with Gasteiger partial charge in [0.05, 0.1) is 18.5 Å². The highest BCUT2D eigenvalue weighted by Crippen LogP contribution is 2.30. The molecule has 4 rings (SSSR count). The summed E-state index contributed by atoms with van der Waals surface area (Å²) in [6, 6.07) is 24.0. The number of nitrogens with one attached hydrogen (secondary N) is 1. The number of ether oxygens (including phenoxy) is 1. The Bertz CT molecular complexity index is 990. The fourth-order valence-electron chi connectivity index (χ4n) is 2.85. The van der Waals surface area contributed by atoms with Crippen molar-refractivity contribution in [1.29, 1.82) is 0 Å². The maximum absolute atomic E-state index is 5.26. The van der Waals surface area contributed by atoms with Crippen LogP contribution in [0.2, 0.25) is 0 Å². The van der Waals surface area contributed by atoms with Gasteiger partial charge >= 0.3 is 0 Å². The molecule has 0 saturated heterocycles. The zero-order chi connectivity index (χ0) is 17.9. The van der Waals surface area contributed by atoms with E-state index >= 15 is 0 Å². The number of anilines is 1. The van der Waals surface area contributed by atoms with Gasteiger partial charge in [-0.05, 0) is 48.9 Å². The van der Waals surface area contributed by atoms with Crippen molar-refractivity contribution in [3.8, 4) is 5.75 Å². The minimum Gasteiger partial charge on any atom is -0.497 e. The van der Waals surface area contributed by atoms with Gasteiger partial charge in [0.25, 0.3) is 0 Å². The fourth-order valence-corrected chi connectivity index (χ4v) is 2.85. The van der Waals surface area contributed by atoms with Crippen molar-refractivity contribution in [2.75, 3.05) is 12.4 Å². The van der Waals surface area contributed by atoms with Gasteiger partial charge in [0.15, 0.2) is 5.84 Å². The van der Waals surface area contributed by atoms with E-state index in [-0.39, 0.29) is 0 Å². The van der Waals surface area contributed by atoms with E-state index in [0.29, 0.717) is 5.84 Å². The lowest BCUT2D eigenvalue weighted by Gasteiger charge is -2.11. The molecule has 0 amide bonds. The lowest BCUT2D eigenvalue weighted by atomic mass is 10.1. The molecule has 4 heteroatoms. The minimum absolute atomic E-state index is 0.687. The minimum atomic E-state index is 0.687. The summed E-state index contributed by atoms with van der Waals surface area (Å²) < 4.78 is 5.26. The third-order valence-corrected chi connectivity index (χ3v) is 4.24. The molecule has 4 nitrogen and oxygen atoms in total. The average molecular weight is 341 g/mol. The number of aryl methyl sites for hydroxylation is 1. The summed E-state index contributed by atoms with van der Waals surface area (Å²) in [5, 5.41) is 3.45. The Morgan fingerprint density at radius 2 is 1.58 bits per heavy atom. The molecule has 0 aromatic heterocycles. The number of nitrogens with zero attached hydrogens (tertiary/aromatic N) is 2. The van der Waals surface area contributed by atoms with Gasteiger partial charge in [-0.15, -0.1) is 0 Å². The number of hydrogen-bond acceptors (Lipinski definition) is 4. The Kier molecular flexibility index (Phi) is 4.23. The van der Waals surface area contributed by atoms with Crippen LogP contribution >= 0.6 is 0 Å². The van der Waals surface area contributed by atoms with Gasteiger partial charge in [-0.25, -0.2) is 9.98 Å². The van der Waals surface area contributed by atoms with Crippen LogP contribution in [-0.4, -0.2) is 18.8 Å². The first-order valence-electron chi connectivity index (χ1n) is 8.48. The maximum atomic E-state index is 5.26. The van der Waals surface area contributed by atoms with E-state index in [9.17, 15) is 0 Å². The number of methoxy groups -OCH3 is 1. The molecule has 1 N–H and O–H groups in total. The predicted molar refractivity (Wildman–Crippen MR) is 107 cm³/mol. The van der Waals surface area contributed by atoms with Crippen LogP contribution in [0.4, 0.5) is 11.4 Å². The zero-order valence-electron chi connectivity index (χ0n) is 14.7. The van der Waals surface area contributed by atoms with E-state index in [0.717, 1.165) is 34.1 Å². The molecular weight excluding hydrogens is 322 g/mol. The summed E-state index contributed by atoms with van der Waals surface area (Å²) >= 11 is 0. The van der Waals surface area contributed by atoms with Crippen LogP contribution in [0.25, 0.3) is 0 Å². The van der Waals surface area contributed by atoms with Crippen LogP contribution in [0.3, 0.4) is 0 Å². The molecule has 1 aliphatic rings. The Morgan fingerprint density at radius 1 is 0.808 bits per heavy atom. The molecule has 0 saturated carbocycles. The Hall–Kier alpha value is -3.40. The Labute approximate surface area is 152 Å². The predicted octanol–water partition coefficient (Wildman–Crippen LogP) is 4.95. The van der Waals surface area contributed by atoms with Gasteiger partial charge in [-0.3, -0.25) is 0 Å². The summed E-state index contributed by atoms with van der Waals surface area (Å²) in [4.78, 5) is 9.63. The van der Waals surface area contributed by atoms with Crippen molar-refractivity contribution in [1.82, 2.24) is 0 Å². The van der Waals surface area contributed by atoms with Crippen molar-refractivity contribution in [2.45, 2.75) is 6.92 Å². The highest BCUT2D eigenvalue weighted by Gasteiger charge is 2.15. The molecule has 0 aliphatic carbocycles. The van der Waals surface area contributed by atoms with Crippen molar-refractivity contribution in [3.63, 3.8) is 0 Å². The summed E-state index contributed by atoms with van der Waals surface area (Å²) in [6.45, 7) is 2.07. The van der Waals surface area contributed by atoms with Crippen molar-refractivity contribution >= 4 is 23.0 Å². The molecule has 1 aliphatic heterocycles. The maximum Gasteiger partial charge on any atom is 0.162 e. The summed E-state index contributed by atoms with van der Waals surface area (Å²) in [5.41, 5.74) is 4.95. The number of amidine groups is 2. The van der Waals surface area contributed by atoms with E-state index in [2.05, 4.69) is 24.4 Å². The van der Waals surface area contributed by atoms with Gasteiger partial charge in [0, 0.05) is 11.1 Å². The van der Waals surface area contributed by atoms with E-state index in [4.69, 9.17) is 14.7 Å². The summed E-state index contributed by atoms with van der Waals surface area (Å²) in [5.74, 6) is 2.27. The van der Waals surface area contributed by atoms with E-state index in [1.54, 1.807) is 7.11 Å². The second kappa shape index (κ2) is 6.84. The fraction of sp³-hybridized carbons (Fsp3) is 0.0909. The number of rotatable bonds is 3. The first kappa shape index (κ1) is 16.1. The molecule has 3 aromatic carbocycles. The first-order valence-corrected chi connectivity index (χ1v) is 8.48. The smallest absolute Gasteiger partial charge is 0.162 e. The summed E-state index contributed by atoms with van der Waals surface area (Å²) in [6.07, 6.45) is 0. The van der Waals surface area contributed by atoms with Crippen LogP contribution in [0, 0.1) is 6.92 Å². The van der Waals surface area contributed by atoms with Gasteiger partial charge in [-0.1, -0.05) is 36.4 Å². The van der Waals surface area contributed by atoms with Crippen LogP contribution in [-0.2, 0) is 0 Å². The molecular formula is C22H19N3O. The van der Waals surface area contributed by atoms with Gasteiger partial charge < -0.3 is 10.1 Å². The standard InChI is InChI=1S/C22H19N3O/c1-15-8-13-19-20(14-15)24-22(17-9-11-18(26-2)12-10-17)25-21(23-19)16-6-4-3-5-7-16/h3-14H,1-2H3,(H,23,24,25). The molecule has 0 radical (unpaired) electrons. The first-order chi connectivity index (χ1) is 12.7. The largest absolute Gasteiger partial charge is 0.497 e. The molecule has 0 bridgehead atoms. The highest BCUT2D eigenvalue weighted by atomic mass is 16.5. The molecule has 26 heavy (non-hydrogen) atoms. The zero-order valence-corrected chi connectivity index (χ0v) is 14.7. The Morgan fingerprint density at radius 3 is 2.31 bits per heavy atom. The monoisotopic (exact) mass is 341 g/mol. The third-order valence-electron chi connectivity index (χ3n) is 4.24. The van der Waals surface area contributed by atoms with Crippen molar-refractivity contribution < 1.29 is 4.74 Å². The molecule has 1 heterocycles. The van der Waals surface area contributed by atoms with Crippen molar-refractivity contribution in [3.05, 3.63) is 89.5 Å². The Balaban J connectivity index is 1.85.